The lowest BCUT2D eigenvalue weighted by atomic mass is 10.0. The normalized spacial score (nSPS) is 20.7. The van der Waals surface area contributed by atoms with E-state index in [2.05, 4.69) is 16.0 Å². The molecular formula is C11H19N3O4. The Morgan fingerprint density at radius 2 is 2.17 bits per heavy atom. The number of amides is 4. The predicted molar refractivity (Wildman–Crippen MR) is 63.8 cm³/mol. The highest BCUT2D eigenvalue weighted by molar-refractivity contribution is 5.98. The van der Waals surface area contributed by atoms with Crippen molar-refractivity contribution in [3.05, 3.63) is 0 Å². The summed E-state index contributed by atoms with van der Waals surface area (Å²) in [5.41, 5.74) is -0.527. The van der Waals surface area contributed by atoms with Crippen LogP contribution < -0.4 is 16.0 Å². The zero-order valence-electron chi connectivity index (χ0n) is 10.8. The first-order chi connectivity index (χ1) is 8.34. The minimum Gasteiger partial charge on any atom is -0.382 e. The minimum absolute atomic E-state index is 0.140. The first-order valence-electron chi connectivity index (χ1n) is 5.75. The van der Waals surface area contributed by atoms with Gasteiger partial charge in [0.05, 0.1) is 12.1 Å². The van der Waals surface area contributed by atoms with Gasteiger partial charge in [0.25, 0.3) is 0 Å². The number of carbonyl (C=O) groups excluding carboxylic acids is 3. The molecule has 7 nitrogen and oxygen atoms in total. The van der Waals surface area contributed by atoms with E-state index < -0.39 is 17.6 Å². The van der Waals surface area contributed by atoms with E-state index in [1.165, 1.54) is 0 Å². The van der Waals surface area contributed by atoms with Crippen molar-refractivity contribution in [3.63, 3.8) is 0 Å². The van der Waals surface area contributed by atoms with E-state index in [1.54, 1.807) is 7.11 Å². The fraction of sp³-hybridized carbons (Fsp3) is 0.727. The van der Waals surface area contributed by atoms with Crippen LogP contribution in [0.2, 0.25) is 0 Å². The second-order valence-electron chi connectivity index (χ2n) is 4.92. The van der Waals surface area contributed by atoms with Gasteiger partial charge in [-0.3, -0.25) is 14.9 Å². The second-order valence-corrected chi connectivity index (χ2v) is 4.92. The summed E-state index contributed by atoms with van der Waals surface area (Å²) in [6.07, 6.45) is 0.425. The Hall–Kier alpha value is -1.63. The molecule has 0 radical (unpaired) electrons. The van der Waals surface area contributed by atoms with Crippen LogP contribution in [0.1, 0.15) is 26.7 Å². The third kappa shape index (κ3) is 4.33. The van der Waals surface area contributed by atoms with E-state index in [9.17, 15) is 14.4 Å². The molecule has 3 N–H and O–H groups in total. The average Bonchev–Trinajstić information content (AvgIpc) is 2.38. The van der Waals surface area contributed by atoms with E-state index in [0.717, 1.165) is 0 Å². The lowest BCUT2D eigenvalue weighted by Crippen LogP contribution is -2.55. The Bertz CT molecular complexity index is 354. The summed E-state index contributed by atoms with van der Waals surface area (Å²) >= 11 is 0. The maximum atomic E-state index is 12.0. The van der Waals surface area contributed by atoms with Crippen LogP contribution in [0.3, 0.4) is 0 Å². The number of nitrogens with one attached hydrogen (secondary N) is 3. The highest BCUT2D eigenvalue weighted by Gasteiger charge is 2.29. The average molecular weight is 257 g/mol. The molecule has 0 saturated carbocycles. The summed E-state index contributed by atoms with van der Waals surface area (Å²) in [6, 6.07) is -1.34. The monoisotopic (exact) mass is 257 g/mol. The lowest BCUT2D eigenvalue weighted by Gasteiger charge is -2.27. The molecule has 1 saturated heterocycles. The number of hydrogen-bond acceptors (Lipinski definition) is 4. The van der Waals surface area contributed by atoms with Crippen molar-refractivity contribution in [2.45, 2.75) is 38.3 Å². The van der Waals surface area contributed by atoms with Crippen molar-refractivity contribution >= 4 is 17.8 Å². The molecule has 0 spiro atoms. The van der Waals surface area contributed by atoms with Crippen molar-refractivity contribution in [2.24, 2.45) is 0 Å². The van der Waals surface area contributed by atoms with Crippen LogP contribution in [0.4, 0.5) is 4.79 Å². The van der Waals surface area contributed by atoms with E-state index >= 15 is 0 Å². The predicted octanol–water partition coefficient (Wildman–Crippen LogP) is -0.484. The van der Waals surface area contributed by atoms with Crippen LogP contribution in [0, 0.1) is 0 Å². The summed E-state index contributed by atoms with van der Waals surface area (Å²) in [6.45, 7) is 3.99. The summed E-state index contributed by atoms with van der Waals surface area (Å²) < 4.78 is 4.99. The van der Waals surface area contributed by atoms with Crippen LogP contribution in [0.5, 0.6) is 0 Å². The molecule has 1 atom stereocenters. The molecule has 102 valence electrons. The molecule has 1 rings (SSSR count). The van der Waals surface area contributed by atoms with Gasteiger partial charge in [-0.2, -0.15) is 0 Å². The third-order valence-electron chi connectivity index (χ3n) is 2.50. The van der Waals surface area contributed by atoms with E-state index in [-0.39, 0.29) is 24.7 Å². The van der Waals surface area contributed by atoms with Gasteiger partial charge >= 0.3 is 6.03 Å². The zero-order valence-corrected chi connectivity index (χ0v) is 10.8. The molecule has 0 unspecified atom stereocenters. The molecule has 0 aliphatic carbocycles. The van der Waals surface area contributed by atoms with Crippen LogP contribution in [-0.2, 0) is 14.3 Å². The van der Waals surface area contributed by atoms with E-state index in [1.807, 2.05) is 13.8 Å². The number of urea groups is 1. The molecule has 18 heavy (non-hydrogen) atoms. The quantitative estimate of drug-likeness (QED) is 0.633. The van der Waals surface area contributed by atoms with Gasteiger partial charge in [0.2, 0.25) is 11.8 Å². The van der Waals surface area contributed by atoms with E-state index in [0.29, 0.717) is 6.61 Å². The van der Waals surface area contributed by atoms with E-state index in [4.69, 9.17) is 4.74 Å². The Labute approximate surface area is 106 Å². The Balaban J connectivity index is 2.60. The van der Waals surface area contributed by atoms with Crippen molar-refractivity contribution < 1.29 is 19.1 Å². The zero-order chi connectivity index (χ0) is 13.8. The van der Waals surface area contributed by atoms with Gasteiger partial charge in [0.1, 0.15) is 6.04 Å². The summed E-state index contributed by atoms with van der Waals surface area (Å²) in [5.74, 6) is -0.694. The van der Waals surface area contributed by atoms with Gasteiger partial charge in [-0.1, -0.05) is 0 Å². The third-order valence-corrected chi connectivity index (χ3v) is 2.50. The number of hydrogen-bond donors (Lipinski definition) is 3. The standard InChI is InChI=1S/C11H19N3O4/c1-11(2,6-18-3)14-9(16)7-4-5-8(15)13-10(17)12-7/h7H,4-6H2,1-3H3,(H,14,16)(H2,12,13,15,17)/t7-/m1/s1. The number of carbonyl (C=O) groups is 3. The fourth-order valence-electron chi connectivity index (χ4n) is 1.75. The smallest absolute Gasteiger partial charge is 0.322 e. The molecule has 1 aliphatic rings. The summed E-state index contributed by atoms with van der Waals surface area (Å²) in [4.78, 5) is 34.4. The van der Waals surface area contributed by atoms with Crippen molar-refractivity contribution in [3.8, 4) is 0 Å². The van der Waals surface area contributed by atoms with Gasteiger partial charge in [-0.05, 0) is 20.3 Å². The molecule has 4 amide bonds. The number of imide groups is 1. The summed E-state index contributed by atoms with van der Waals surface area (Å²) in [7, 11) is 1.55. The molecule has 1 fully saturated rings. The molecule has 0 aromatic heterocycles. The first-order valence-corrected chi connectivity index (χ1v) is 5.75. The maximum absolute atomic E-state index is 12.0. The molecule has 1 aliphatic heterocycles. The first kappa shape index (κ1) is 14.4. The molecule has 0 aromatic carbocycles. The SMILES string of the molecule is COCC(C)(C)NC(=O)[C@H]1CCC(=O)NC(=O)N1. The van der Waals surface area contributed by atoms with Crippen molar-refractivity contribution in [1.82, 2.24) is 16.0 Å². The van der Waals surface area contributed by atoms with Gasteiger partial charge < -0.3 is 15.4 Å². The van der Waals surface area contributed by atoms with Crippen LogP contribution in [0.25, 0.3) is 0 Å². The van der Waals surface area contributed by atoms with Gasteiger partial charge in [0, 0.05) is 13.5 Å². The highest BCUT2D eigenvalue weighted by atomic mass is 16.5. The van der Waals surface area contributed by atoms with Crippen LogP contribution in [0.15, 0.2) is 0 Å². The van der Waals surface area contributed by atoms with Crippen molar-refractivity contribution in [2.75, 3.05) is 13.7 Å². The second kappa shape index (κ2) is 5.81. The molecule has 0 aromatic rings. The topological polar surface area (TPSA) is 96.5 Å². The largest absolute Gasteiger partial charge is 0.382 e. The minimum atomic E-state index is -0.701. The number of ether oxygens (including phenoxy) is 1. The number of methoxy groups -OCH3 is 1. The molecule has 7 heteroatoms. The molecule has 1 heterocycles. The molecule has 0 bridgehead atoms. The van der Waals surface area contributed by atoms with Gasteiger partial charge in [-0.25, -0.2) is 4.79 Å². The molecular weight excluding hydrogens is 238 g/mol. The van der Waals surface area contributed by atoms with Crippen molar-refractivity contribution in [1.29, 1.82) is 0 Å². The Morgan fingerprint density at radius 3 is 2.78 bits per heavy atom. The fourth-order valence-corrected chi connectivity index (χ4v) is 1.75. The van der Waals surface area contributed by atoms with Crippen LogP contribution in [-0.4, -0.2) is 43.1 Å². The highest BCUT2D eigenvalue weighted by Crippen LogP contribution is 2.06. The van der Waals surface area contributed by atoms with Gasteiger partial charge in [-0.15, -0.1) is 0 Å². The Morgan fingerprint density at radius 1 is 1.50 bits per heavy atom. The number of rotatable bonds is 4. The van der Waals surface area contributed by atoms with Gasteiger partial charge in [0.15, 0.2) is 0 Å². The van der Waals surface area contributed by atoms with Crippen LogP contribution >= 0.6 is 0 Å². The summed E-state index contributed by atoms with van der Waals surface area (Å²) in [5, 5.41) is 7.34. The Kier molecular flexibility index (Phi) is 4.66. The lowest BCUT2D eigenvalue weighted by molar-refractivity contribution is -0.125. The maximum Gasteiger partial charge on any atom is 0.322 e.